The van der Waals surface area contributed by atoms with Gasteiger partial charge in [-0.1, -0.05) is 46.8 Å². The Bertz CT molecular complexity index is 658. The Labute approximate surface area is 147 Å². The second-order valence-electron chi connectivity index (χ2n) is 8.75. The van der Waals surface area contributed by atoms with E-state index in [9.17, 15) is 8.42 Å². The van der Waals surface area contributed by atoms with Gasteiger partial charge in [-0.2, -0.15) is 0 Å². The lowest BCUT2D eigenvalue weighted by atomic mass is 9.80. The molecule has 1 aromatic rings. The van der Waals surface area contributed by atoms with Crippen molar-refractivity contribution in [1.82, 2.24) is 4.90 Å². The van der Waals surface area contributed by atoms with E-state index < -0.39 is 9.84 Å². The summed E-state index contributed by atoms with van der Waals surface area (Å²) < 4.78 is 25.2. The van der Waals surface area contributed by atoms with E-state index in [2.05, 4.69) is 39.5 Å². The van der Waals surface area contributed by atoms with Crippen LogP contribution in [0.5, 0.6) is 0 Å². The highest BCUT2D eigenvalue weighted by atomic mass is 32.2. The molecule has 24 heavy (non-hydrogen) atoms. The molecule has 4 nitrogen and oxygen atoms in total. The number of rotatable bonds is 4. The first-order valence-electron chi connectivity index (χ1n) is 8.73. The number of hydrogen-bond acceptors (Lipinski definition) is 4. The van der Waals surface area contributed by atoms with Crippen molar-refractivity contribution < 1.29 is 8.42 Å². The monoisotopic (exact) mass is 352 g/mol. The molecule has 1 aliphatic rings. The van der Waals surface area contributed by atoms with E-state index in [1.54, 1.807) is 12.1 Å². The average Bonchev–Trinajstić information content (AvgIpc) is 2.48. The van der Waals surface area contributed by atoms with Crippen molar-refractivity contribution in [3.05, 3.63) is 29.8 Å². The van der Waals surface area contributed by atoms with Gasteiger partial charge in [0.2, 0.25) is 0 Å². The highest BCUT2D eigenvalue weighted by molar-refractivity contribution is 7.91. The SMILES string of the molecule is CC(C)(C)c1ccc(S(=O)(=O)CCN2CCC(N)C(C)(C)C2)cc1. The Morgan fingerprint density at radius 2 is 1.79 bits per heavy atom. The minimum atomic E-state index is -3.25. The quantitative estimate of drug-likeness (QED) is 0.905. The Morgan fingerprint density at radius 3 is 2.29 bits per heavy atom. The van der Waals surface area contributed by atoms with Crippen molar-refractivity contribution in [2.75, 3.05) is 25.4 Å². The first kappa shape index (κ1) is 19.4. The molecule has 0 amide bonds. The number of sulfone groups is 1. The molecule has 0 aromatic heterocycles. The maximum atomic E-state index is 12.6. The molecular formula is C19H32N2O2S. The van der Waals surface area contributed by atoms with E-state index in [0.29, 0.717) is 11.4 Å². The van der Waals surface area contributed by atoms with Crippen molar-refractivity contribution in [1.29, 1.82) is 0 Å². The molecule has 1 saturated heterocycles. The van der Waals surface area contributed by atoms with Crippen LogP contribution in [-0.4, -0.2) is 44.7 Å². The molecule has 1 unspecified atom stereocenters. The Kier molecular flexibility index (Phi) is 5.48. The summed E-state index contributed by atoms with van der Waals surface area (Å²) in [5.74, 6) is 0.160. The summed E-state index contributed by atoms with van der Waals surface area (Å²) in [7, 11) is -3.25. The van der Waals surface area contributed by atoms with Gasteiger partial charge in [-0.25, -0.2) is 8.42 Å². The maximum absolute atomic E-state index is 12.6. The lowest BCUT2D eigenvalue weighted by Crippen LogP contribution is -2.53. The fourth-order valence-electron chi connectivity index (χ4n) is 3.21. The topological polar surface area (TPSA) is 63.4 Å². The first-order chi connectivity index (χ1) is 10.9. The molecule has 136 valence electrons. The standard InChI is InChI=1S/C19H32N2O2S/c1-18(2,3)15-6-8-16(9-7-15)24(22,23)13-12-21-11-10-17(20)19(4,5)14-21/h6-9,17H,10-14,20H2,1-5H3. The number of benzene rings is 1. The van der Waals surface area contributed by atoms with Gasteiger partial charge >= 0.3 is 0 Å². The van der Waals surface area contributed by atoms with Crippen LogP contribution in [0.3, 0.4) is 0 Å². The third kappa shape index (κ3) is 4.58. The highest BCUT2D eigenvalue weighted by Crippen LogP contribution is 2.28. The molecule has 1 atom stereocenters. The van der Waals surface area contributed by atoms with Gasteiger partial charge in [-0.3, -0.25) is 0 Å². The van der Waals surface area contributed by atoms with Crippen LogP contribution in [0.4, 0.5) is 0 Å². The van der Waals surface area contributed by atoms with Crippen LogP contribution in [0, 0.1) is 5.41 Å². The molecule has 1 aromatic carbocycles. The number of nitrogens with two attached hydrogens (primary N) is 1. The van der Waals surface area contributed by atoms with Gasteiger partial charge in [0, 0.05) is 19.1 Å². The van der Waals surface area contributed by atoms with Crippen molar-refractivity contribution >= 4 is 9.84 Å². The zero-order chi connectivity index (χ0) is 18.2. The summed E-state index contributed by atoms with van der Waals surface area (Å²) in [5, 5.41) is 0. The molecule has 0 aliphatic carbocycles. The molecule has 0 saturated carbocycles. The van der Waals surface area contributed by atoms with E-state index in [1.807, 2.05) is 12.1 Å². The predicted octanol–water partition coefficient (Wildman–Crippen LogP) is 2.82. The van der Waals surface area contributed by atoms with E-state index in [4.69, 9.17) is 5.73 Å². The third-order valence-electron chi connectivity index (χ3n) is 5.15. The summed E-state index contributed by atoms with van der Waals surface area (Å²) in [6, 6.07) is 7.53. The smallest absolute Gasteiger partial charge is 0.179 e. The lowest BCUT2D eigenvalue weighted by Gasteiger charge is -2.42. The number of nitrogens with zero attached hydrogens (tertiary/aromatic N) is 1. The van der Waals surface area contributed by atoms with Gasteiger partial charge < -0.3 is 10.6 Å². The van der Waals surface area contributed by atoms with Crippen LogP contribution in [-0.2, 0) is 15.3 Å². The summed E-state index contributed by atoms with van der Waals surface area (Å²) >= 11 is 0. The number of hydrogen-bond donors (Lipinski definition) is 1. The molecule has 0 spiro atoms. The summed E-state index contributed by atoms with van der Waals surface area (Å²) in [6.07, 6.45) is 0.924. The fraction of sp³-hybridized carbons (Fsp3) is 0.684. The largest absolute Gasteiger partial charge is 0.327 e. The van der Waals surface area contributed by atoms with Crippen molar-refractivity contribution in [2.24, 2.45) is 11.1 Å². The van der Waals surface area contributed by atoms with Gasteiger partial charge in [0.1, 0.15) is 0 Å². The molecule has 1 fully saturated rings. The maximum Gasteiger partial charge on any atom is 0.179 e. The van der Waals surface area contributed by atoms with Crippen LogP contribution in [0.25, 0.3) is 0 Å². The molecule has 2 N–H and O–H groups in total. The van der Waals surface area contributed by atoms with E-state index in [0.717, 1.165) is 25.1 Å². The van der Waals surface area contributed by atoms with Crippen molar-refractivity contribution in [3.63, 3.8) is 0 Å². The van der Waals surface area contributed by atoms with E-state index >= 15 is 0 Å². The van der Waals surface area contributed by atoms with Gasteiger partial charge in [0.15, 0.2) is 9.84 Å². The molecule has 1 heterocycles. The van der Waals surface area contributed by atoms with Gasteiger partial charge in [-0.05, 0) is 41.5 Å². The minimum Gasteiger partial charge on any atom is -0.327 e. The highest BCUT2D eigenvalue weighted by Gasteiger charge is 2.33. The Hall–Kier alpha value is -0.910. The summed E-state index contributed by atoms with van der Waals surface area (Å²) in [5.41, 5.74) is 7.36. The zero-order valence-corrected chi connectivity index (χ0v) is 16.5. The second kappa shape index (κ2) is 6.77. The van der Waals surface area contributed by atoms with Gasteiger partial charge in [0.25, 0.3) is 0 Å². The van der Waals surface area contributed by atoms with Crippen LogP contribution in [0.2, 0.25) is 0 Å². The Balaban J connectivity index is 2.01. The fourth-order valence-corrected chi connectivity index (χ4v) is 4.49. The van der Waals surface area contributed by atoms with Crippen LogP contribution < -0.4 is 5.73 Å². The number of piperidine rings is 1. The van der Waals surface area contributed by atoms with E-state index in [-0.39, 0.29) is 22.6 Å². The molecule has 5 heteroatoms. The summed E-state index contributed by atoms with van der Waals surface area (Å²) in [6.45, 7) is 13.0. The molecule has 0 bridgehead atoms. The normalized spacial score (nSPS) is 22.5. The van der Waals surface area contributed by atoms with Crippen molar-refractivity contribution in [2.45, 2.75) is 57.4 Å². The third-order valence-corrected chi connectivity index (χ3v) is 6.86. The van der Waals surface area contributed by atoms with Crippen molar-refractivity contribution in [3.8, 4) is 0 Å². The Morgan fingerprint density at radius 1 is 1.21 bits per heavy atom. The zero-order valence-electron chi connectivity index (χ0n) is 15.7. The van der Waals surface area contributed by atoms with Crippen LogP contribution >= 0.6 is 0 Å². The van der Waals surface area contributed by atoms with Crippen LogP contribution in [0.15, 0.2) is 29.2 Å². The van der Waals surface area contributed by atoms with E-state index in [1.165, 1.54) is 0 Å². The molecule has 2 rings (SSSR count). The minimum absolute atomic E-state index is 0.0282. The summed E-state index contributed by atoms with van der Waals surface area (Å²) in [4.78, 5) is 2.65. The predicted molar refractivity (Wildman–Crippen MR) is 100 cm³/mol. The van der Waals surface area contributed by atoms with Crippen LogP contribution in [0.1, 0.15) is 46.6 Å². The second-order valence-corrected chi connectivity index (χ2v) is 10.9. The average molecular weight is 353 g/mol. The number of likely N-dealkylation sites (tertiary alicyclic amines) is 1. The first-order valence-corrected chi connectivity index (χ1v) is 10.4. The van der Waals surface area contributed by atoms with Gasteiger partial charge in [-0.15, -0.1) is 0 Å². The van der Waals surface area contributed by atoms with Gasteiger partial charge in [0.05, 0.1) is 10.6 Å². The lowest BCUT2D eigenvalue weighted by molar-refractivity contribution is 0.101. The molecule has 1 aliphatic heterocycles. The molecule has 0 radical (unpaired) electrons. The molecular weight excluding hydrogens is 320 g/mol.